The van der Waals surface area contributed by atoms with Gasteiger partial charge in [0.2, 0.25) is 5.91 Å². The number of carbonyl (C=O) groups is 2. The Morgan fingerprint density at radius 2 is 2.08 bits per heavy atom. The number of amides is 1. The number of nitrogens with one attached hydrogen (secondary N) is 1. The van der Waals surface area contributed by atoms with Crippen molar-refractivity contribution in [1.82, 2.24) is 5.32 Å². The van der Waals surface area contributed by atoms with Crippen LogP contribution in [0.5, 0.6) is 5.75 Å². The average molecular weight is 368 g/mol. The summed E-state index contributed by atoms with van der Waals surface area (Å²) in [6.07, 6.45) is -0.0896. The second-order valence-corrected chi connectivity index (χ2v) is 7.36. The molecule has 1 aromatic carbocycles. The number of ether oxygens (including phenoxy) is 1. The predicted octanol–water partition coefficient (Wildman–Crippen LogP) is 3.46. The summed E-state index contributed by atoms with van der Waals surface area (Å²) in [4.78, 5) is 24.5. The first-order chi connectivity index (χ1) is 11.3. The van der Waals surface area contributed by atoms with Gasteiger partial charge in [0.25, 0.3) is 0 Å². The molecule has 5 nitrogen and oxygen atoms in total. The minimum absolute atomic E-state index is 0.149. The highest BCUT2D eigenvalue weighted by Crippen LogP contribution is 2.28. The molecule has 0 aliphatic carbocycles. The summed E-state index contributed by atoms with van der Waals surface area (Å²) in [6.45, 7) is 1.69. The molecule has 0 saturated carbocycles. The molecule has 1 amide bonds. The van der Waals surface area contributed by atoms with E-state index < -0.39 is 11.5 Å². The van der Waals surface area contributed by atoms with Crippen LogP contribution in [0.1, 0.15) is 23.8 Å². The van der Waals surface area contributed by atoms with Crippen LogP contribution >= 0.6 is 22.9 Å². The summed E-state index contributed by atoms with van der Waals surface area (Å²) in [5, 5.41) is 12.1. The second kappa shape index (κ2) is 7.68. The van der Waals surface area contributed by atoms with Gasteiger partial charge in [-0.1, -0.05) is 23.7 Å². The van der Waals surface area contributed by atoms with E-state index in [1.54, 1.807) is 43.3 Å². The fourth-order valence-electron chi connectivity index (χ4n) is 2.44. The van der Waals surface area contributed by atoms with Crippen molar-refractivity contribution in [3.8, 4) is 5.75 Å². The van der Waals surface area contributed by atoms with Crippen LogP contribution in [0, 0.1) is 0 Å². The average Bonchev–Trinajstić information content (AvgIpc) is 2.91. The van der Waals surface area contributed by atoms with E-state index >= 15 is 0 Å². The number of methoxy groups -OCH3 is 1. The van der Waals surface area contributed by atoms with E-state index in [0.29, 0.717) is 15.6 Å². The molecule has 2 rings (SSSR count). The number of aliphatic carboxylic acids is 1. The van der Waals surface area contributed by atoms with Gasteiger partial charge in [0.15, 0.2) is 0 Å². The fourth-order valence-corrected chi connectivity index (χ4v) is 3.53. The molecule has 0 bridgehead atoms. The largest absolute Gasteiger partial charge is 0.497 e. The topological polar surface area (TPSA) is 75.6 Å². The Hall–Kier alpha value is -2.05. The van der Waals surface area contributed by atoms with E-state index in [1.165, 1.54) is 18.4 Å². The summed E-state index contributed by atoms with van der Waals surface area (Å²) in [7, 11) is 1.53. The van der Waals surface area contributed by atoms with E-state index in [1.807, 2.05) is 0 Å². The number of carbonyl (C=O) groups excluding carboxylic acids is 1. The summed E-state index contributed by atoms with van der Waals surface area (Å²) >= 11 is 7.20. The molecule has 0 aliphatic heterocycles. The van der Waals surface area contributed by atoms with Crippen molar-refractivity contribution in [3.63, 3.8) is 0 Å². The highest BCUT2D eigenvalue weighted by Gasteiger charge is 2.32. The van der Waals surface area contributed by atoms with Crippen LogP contribution in [0.15, 0.2) is 36.4 Å². The zero-order valence-electron chi connectivity index (χ0n) is 13.3. The number of benzene rings is 1. The Morgan fingerprint density at radius 3 is 2.67 bits per heavy atom. The third-order valence-electron chi connectivity index (χ3n) is 3.59. The lowest BCUT2D eigenvalue weighted by atomic mass is 9.88. The molecule has 0 saturated heterocycles. The first-order valence-corrected chi connectivity index (χ1v) is 8.43. The van der Waals surface area contributed by atoms with E-state index in [0.717, 1.165) is 4.88 Å². The standard InChI is InChI=1S/C17H18ClNO4S/c1-17(10-16(21)22,11-4-3-5-12(8-11)23-2)19-15(20)9-13-6-7-14(18)24-13/h3-8H,9-10H2,1-2H3,(H,19,20)(H,21,22). The van der Waals surface area contributed by atoms with Gasteiger partial charge < -0.3 is 15.2 Å². The lowest BCUT2D eigenvalue weighted by Gasteiger charge is -2.30. The van der Waals surface area contributed by atoms with Gasteiger partial charge in [0, 0.05) is 4.88 Å². The molecular weight excluding hydrogens is 350 g/mol. The zero-order chi connectivity index (χ0) is 17.7. The molecule has 2 aromatic rings. The van der Waals surface area contributed by atoms with Gasteiger partial charge in [0.05, 0.1) is 29.8 Å². The van der Waals surface area contributed by atoms with Crippen LogP contribution in [0.3, 0.4) is 0 Å². The van der Waals surface area contributed by atoms with Gasteiger partial charge >= 0.3 is 5.97 Å². The Bertz CT molecular complexity index is 746. The molecule has 1 unspecified atom stereocenters. The summed E-state index contributed by atoms with van der Waals surface area (Å²) in [6, 6.07) is 10.5. The van der Waals surface area contributed by atoms with Gasteiger partial charge in [0.1, 0.15) is 5.75 Å². The molecule has 128 valence electrons. The number of carboxylic acid groups (broad SMARTS) is 1. The lowest BCUT2D eigenvalue weighted by Crippen LogP contribution is -2.45. The number of thiophene rings is 1. The number of rotatable bonds is 7. The van der Waals surface area contributed by atoms with Crippen LogP contribution in [0.4, 0.5) is 0 Å². The SMILES string of the molecule is COc1cccc(C(C)(CC(=O)O)NC(=O)Cc2ccc(Cl)s2)c1. The maximum Gasteiger partial charge on any atom is 0.306 e. The minimum atomic E-state index is -1.04. The van der Waals surface area contributed by atoms with Crippen molar-refractivity contribution in [2.24, 2.45) is 0 Å². The Kier molecular flexibility index (Phi) is 5.85. The first-order valence-electron chi connectivity index (χ1n) is 7.24. The normalized spacial score (nSPS) is 13.1. The second-order valence-electron chi connectivity index (χ2n) is 5.57. The van der Waals surface area contributed by atoms with Gasteiger partial charge in [-0.3, -0.25) is 9.59 Å². The molecule has 0 fully saturated rings. The van der Waals surface area contributed by atoms with Crippen LogP contribution in [-0.2, 0) is 21.5 Å². The summed E-state index contributed by atoms with van der Waals surface area (Å²) in [5.74, 6) is -0.664. The summed E-state index contributed by atoms with van der Waals surface area (Å²) < 4.78 is 5.80. The maximum absolute atomic E-state index is 12.4. The molecule has 0 spiro atoms. The third kappa shape index (κ3) is 4.72. The molecule has 1 aromatic heterocycles. The van der Waals surface area contributed by atoms with Crippen molar-refractivity contribution in [3.05, 3.63) is 51.2 Å². The van der Waals surface area contributed by atoms with E-state index in [4.69, 9.17) is 16.3 Å². The van der Waals surface area contributed by atoms with Crippen LogP contribution in [-0.4, -0.2) is 24.1 Å². The monoisotopic (exact) mass is 367 g/mol. The van der Waals surface area contributed by atoms with Gasteiger partial charge in [-0.2, -0.15) is 0 Å². The van der Waals surface area contributed by atoms with Crippen LogP contribution in [0.2, 0.25) is 4.34 Å². The van der Waals surface area contributed by atoms with Crippen molar-refractivity contribution in [2.45, 2.75) is 25.3 Å². The molecular formula is C17H18ClNO4S. The van der Waals surface area contributed by atoms with E-state index in [2.05, 4.69) is 5.32 Å². The van der Waals surface area contributed by atoms with Gasteiger partial charge in [-0.05, 0) is 36.8 Å². The molecule has 0 radical (unpaired) electrons. The van der Waals surface area contributed by atoms with Gasteiger partial charge in [-0.15, -0.1) is 11.3 Å². The Balaban J connectivity index is 2.22. The molecule has 1 atom stereocenters. The summed E-state index contributed by atoms with van der Waals surface area (Å²) in [5.41, 5.74) is -0.375. The highest BCUT2D eigenvalue weighted by atomic mass is 35.5. The van der Waals surface area contributed by atoms with Crippen molar-refractivity contribution in [1.29, 1.82) is 0 Å². The molecule has 24 heavy (non-hydrogen) atoms. The van der Waals surface area contributed by atoms with Gasteiger partial charge in [-0.25, -0.2) is 0 Å². The van der Waals surface area contributed by atoms with E-state index in [-0.39, 0.29) is 18.7 Å². The number of hydrogen-bond acceptors (Lipinski definition) is 4. The quantitative estimate of drug-likeness (QED) is 0.785. The maximum atomic E-state index is 12.4. The van der Waals surface area contributed by atoms with Crippen LogP contribution < -0.4 is 10.1 Å². The lowest BCUT2D eigenvalue weighted by molar-refractivity contribution is -0.139. The van der Waals surface area contributed by atoms with E-state index in [9.17, 15) is 14.7 Å². The Labute approximate surface area is 149 Å². The number of halogens is 1. The van der Waals surface area contributed by atoms with Crippen LogP contribution in [0.25, 0.3) is 0 Å². The highest BCUT2D eigenvalue weighted by molar-refractivity contribution is 7.16. The number of carboxylic acids is 1. The molecule has 0 aliphatic rings. The molecule has 1 heterocycles. The van der Waals surface area contributed by atoms with Crippen molar-refractivity contribution in [2.75, 3.05) is 7.11 Å². The molecule has 2 N–H and O–H groups in total. The fraction of sp³-hybridized carbons (Fsp3) is 0.294. The predicted molar refractivity (Wildman–Crippen MR) is 93.8 cm³/mol. The third-order valence-corrected chi connectivity index (χ3v) is 4.82. The zero-order valence-corrected chi connectivity index (χ0v) is 14.9. The number of hydrogen-bond donors (Lipinski definition) is 2. The minimum Gasteiger partial charge on any atom is -0.497 e. The molecule has 7 heteroatoms. The Morgan fingerprint density at radius 1 is 1.33 bits per heavy atom. The smallest absolute Gasteiger partial charge is 0.306 e. The first kappa shape index (κ1) is 18.3. The van der Waals surface area contributed by atoms with Crippen molar-refractivity contribution >= 4 is 34.8 Å². The van der Waals surface area contributed by atoms with Crippen molar-refractivity contribution < 1.29 is 19.4 Å².